The summed E-state index contributed by atoms with van der Waals surface area (Å²) < 4.78 is 19.9. The van der Waals surface area contributed by atoms with Crippen LogP contribution in [0.3, 0.4) is 0 Å². The molecule has 26 heavy (non-hydrogen) atoms. The van der Waals surface area contributed by atoms with Gasteiger partial charge < -0.3 is 10.1 Å². The summed E-state index contributed by atoms with van der Waals surface area (Å²) in [5.41, 5.74) is 1.14. The highest BCUT2D eigenvalue weighted by atomic mass is 19.1. The molecule has 0 radical (unpaired) electrons. The Bertz CT molecular complexity index is 743. The van der Waals surface area contributed by atoms with Crippen molar-refractivity contribution in [1.82, 2.24) is 10.4 Å². The predicted octanol–water partition coefficient (Wildman–Crippen LogP) is 1.85. The lowest BCUT2D eigenvalue weighted by Crippen LogP contribution is -2.35. The zero-order chi connectivity index (χ0) is 18.4. The maximum Gasteiger partial charge on any atom is 0.414 e. The first-order valence-corrected chi connectivity index (χ1v) is 8.90. The summed E-state index contributed by atoms with van der Waals surface area (Å²) in [6.45, 7) is 2.19. The summed E-state index contributed by atoms with van der Waals surface area (Å²) in [5.74, 6) is -0.130. The van der Waals surface area contributed by atoms with Gasteiger partial charge in [0.05, 0.1) is 18.8 Å². The van der Waals surface area contributed by atoms with Gasteiger partial charge >= 0.3 is 6.09 Å². The van der Waals surface area contributed by atoms with E-state index in [0.717, 1.165) is 19.4 Å². The highest BCUT2D eigenvalue weighted by Crippen LogP contribution is 2.44. The number of amides is 2. The van der Waals surface area contributed by atoms with Gasteiger partial charge in [-0.1, -0.05) is 6.07 Å². The van der Waals surface area contributed by atoms with Crippen LogP contribution in [0.2, 0.25) is 0 Å². The molecule has 1 aliphatic carbocycles. The molecule has 2 amide bonds. The fourth-order valence-electron chi connectivity index (χ4n) is 4.35. The van der Waals surface area contributed by atoms with Gasteiger partial charge in [-0.05, 0) is 48.9 Å². The largest absolute Gasteiger partial charge is 0.442 e. The lowest BCUT2D eigenvalue weighted by Gasteiger charge is -2.24. The zero-order valence-corrected chi connectivity index (χ0v) is 14.5. The third-order valence-corrected chi connectivity index (χ3v) is 5.67. The van der Waals surface area contributed by atoms with Crippen LogP contribution in [-0.4, -0.2) is 54.1 Å². The van der Waals surface area contributed by atoms with Gasteiger partial charge in [0.15, 0.2) is 0 Å². The van der Waals surface area contributed by atoms with Crippen LogP contribution in [0.25, 0.3) is 0 Å². The van der Waals surface area contributed by atoms with E-state index in [0.29, 0.717) is 28.3 Å². The molecule has 8 heteroatoms. The Labute approximate surface area is 150 Å². The monoisotopic (exact) mass is 363 g/mol. The number of benzene rings is 1. The minimum Gasteiger partial charge on any atom is -0.442 e. The van der Waals surface area contributed by atoms with Crippen LogP contribution in [0.1, 0.15) is 31.2 Å². The molecular weight excluding hydrogens is 341 g/mol. The van der Waals surface area contributed by atoms with Crippen LogP contribution in [0.5, 0.6) is 0 Å². The molecule has 3 aliphatic rings. The van der Waals surface area contributed by atoms with Crippen LogP contribution in [0, 0.1) is 11.7 Å². The normalized spacial score (nSPS) is 30.0. The Morgan fingerprint density at radius 1 is 1.46 bits per heavy atom. The number of halogens is 1. The topological polar surface area (TPSA) is 82.1 Å². The number of nitrogens with one attached hydrogen (secondary N) is 1. The molecule has 3 fully saturated rings. The van der Waals surface area contributed by atoms with Crippen molar-refractivity contribution in [3.63, 3.8) is 0 Å². The molecule has 1 saturated carbocycles. The number of anilines is 1. The van der Waals surface area contributed by atoms with Crippen molar-refractivity contribution in [3.05, 3.63) is 29.6 Å². The van der Waals surface area contributed by atoms with Crippen molar-refractivity contribution in [2.45, 2.75) is 37.8 Å². The molecule has 140 valence electrons. The van der Waals surface area contributed by atoms with Gasteiger partial charge in [-0.15, -0.1) is 0 Å². The van der Waals surface area contributed by atoms with E-state index < -0.39 is 18.1 Å². The van der Waals surface area contributed by atoms with Gasteiger partial charge in [-0.3, -0.25) is 14.9 Å². The van der Waals surface area contributed by atoms with E-state index in [9.17, 15) is 19.2 Å². The van der Waals surface area contributed by atoms with E-state index >= 15 is 0 Å². The Morgan fingerprint density at radius 2 is 2.27 bits per heavy atom. The molecule has 2 heterocycles. The third kappa shape index (κ3) is 3.03. The molecule has 0 aromatic heterocycles. The van der Waals surface area contributed by atoms with Gasteiger partial charge in [-0.25, -0.2) is 14.2 Å². The second kappa shape index (κ2) is 6.51. The average Bonchev–Trinajstić information content (AvgIpc) is 3.30. The zero-order valence-electron chi connectivity index (χ0n) is 14.5. The summed E-state index contributed by atoms with van der Waals surface area (Å²) in [5, 5.41) is 13.4. The highest BCUT2D eigenvalue weighted by molar-refractivity contribution is 5.89. The van der Waals surface area contributed by atoms with E-state index in [1.165, 1.54) is 17.9 Å². The second-order valence-corrected chi connectivity index (χ2v) is 7.37. The molecule has 4 rings (SSSR count). The van der Waals surface area contributed by atoms with Gasteiger partial charge in [0.25, 0.3) is 0 Å². The molecule has 1 aromatic rings. The molecule has 2 saturated heterocycles. The number of rotatable bonds is 4. The van der Waals surface area contributed by atoms with Gasteiger partial charge in [0, 0.05) is 13.0 Å². The number of cyclic esters (lactones) is 1. The lowest BCUT2D eigenvalue weighted by atomic mass is 9.87. The first kappa shape index (κ1) is 17.2. The predicted molar refractivity (Wildman–Crippen MR) is 90.4 cm³/mol. The summed E-state index contributed by atoms with van der Waals surface area (Å²) in [6.07, 6.45) is 0.783. The Balaban J connectivity index is 1.47. The summed E-state index contributed by atoms with van der Waals surface area (Å²) in [7, 11) is 0. The van der Waals surface area contributed by atoms with Crippen LogP contribution in [-0.2, 0) is 9.53 Å². The minimum atomic E-state index is -0.657. The molecular formula is C18H22FN3O4. The molecule has 2 N–H and O–H groups in total. The second-order valence-electron chi connectivity index (χ2n) is 7.37. The average molecular weight is 363 g/mol. The highest BCUT2D eigenvalue weighted by Gasteiger charge is 2.41. The van der Waals surface area contributed by atoms with Crippen molar-refractivity contribution >= 4 is 17.7 Å². The fourth-order valence-corrected chi connectivity index (χ4v) is 4.35. The van der Waals surface area contributed by atoms with Crippen molar-refractivity contribution < 1.29 is 23.9 Å². The van der Waals surface area contributed by atoms with Crippen LogP contribution in [0.15, 0.2) is 18.2 Å². The summed E-state index contributed by atoms with van der Waals surface area (Å²) in [4.78, 5) is 24.5. The maximum atomic E-state index is 14.7. The molecule has 1 aromatic carbocycles. The Hall–Kier alpha value is -2.19. The van der Waals surface area contributed by atoms with Crippen LogP contribution >= 0.6 is 0 Å². The first-order valence-electron chi connectivity index (χ1n) is 8.90. The number of hydrogen-bond acceptors (Lipinski definition) is 5. The van der Waals surface area contributed by atoms with Gasteiger partial charge in [0.2, 0.25) is 5.91 Å². The number of fused-ring (bicyclic) bond motifs is 2. The van der Waals surface area contributed by atoms with Crippen LogP contribution in [0.4, 0.5) is 14.9 Å². The molecule has 4 atom stereocenters. The number of piperidine rings is 1. The number of nitrogens with zero attached hydrogens (tertiary/aromatic N) is 2. The van der Waals surface area contributed by atoms with Crippen LogP contribution < -0.4 is 10.2 Å². The fraction of sp³-hybridized carbons (Fsp3) is 0.556. The third-order valence-electron chi connectivity index (χ3n) is 5.67. The number of hydrogen-bond donors (Lipinski definition) is 2. The maximum absolute atomic E-state index is 14.7. The standard InChI is InChI=1S/C18H22FN3O4/c1-10(23)22(25)9-14-8-21(18(24)26-14)13-2-3-15(17(19)6-13)16-5-12-4-11(16)7-20-12/h2-3,6,11-12,14,16,20,25H,4-5,7-9H2,1H3/t11-,12-,14+,16?/m1/s1. The Morgan fingerprint density at radius 3 is 2.88 bits per heavy atom. The van der Waals surface area contributed by atoms with E-state index in [2.05, 4.69) is 5.32 Å². The van der Waals surface area contributed by atoms with Crippen molar-refractivity contribution in [1.29, 1.82) is 0 Å². The van der Waals surface area contributed by atoms with Crippen molar-refractivity contribution in [2.24, 2.45) is 5.92 Å². The smallest absolute Gasteiger partial charge is 0.414 e. The molecule has 7 nitrogen and oxygen atoms in total. The molecule has 1 unspecified atom stereocenters. The minimum absolute atomic E-state index is 0.115. The molecule has 2 aliphatic heterocycles. The summed E-state index contributed by atoms with van der Waals surface area (Å²) >= 11 is 0. The van der Waals surface area contributed by atoms with Gasteiger partial charge in [0.1, 0.15) is 11.9 Å². The number of hydroxylamine groups is 2. The number of carbonyl (C=O) groups is 2. The molecule has 0 spiro atoms. The SMILES string of the molecule is CC(=O)N(O)C[C@@H]1CN(c2ccc(C3C[C@H]4C[C@@H]3CN4)c(F)c2)C(=O)O1. The first-order chi connectivity index (χ1) is 12.4. The quantitative estimate of drug-likeness (QED) is 0.630. The van der Waals surface area contributed by atoms with E-state index in [4.69, 9.17) is 4.74 Å². The van der Waals surface area contributed by atoms with Gasteiger partial charge in [-0.2, -0.15) is 0 Å². The van der Waals surface area contributed by atoms with Crippen molar-refractivity contribution in [2.75, 3.05) is 24.5 Å². The lowest BCUT2D eigenvalue weighted by molar-refractivity contribution is -0.166. The van der Waals surface area contributed by atoms with E-state index in [-0.39, 0.29) is 24.8 Å². The molecule has 2 bridgehead atoms. The number of ether oxygens (including phenoxy) is 1. The number of carbonyl (C=O) groups excluding carboxylic acids is 2. The summed E-state index contributed by atoms with van der Waals surface area (Å²) in [6, 6.07) is 5.37. The Kier molecular flexibility index (Phi) is 4.32. The van der Waals surface area contributed by atoms with E-state index in [1.54, 1.807) is 12.1 Å². The van der Waals surface area contributed by atoms with Crippen molar-refractivity contribution in [3.8, 4) is 0 Å². The van der Waals surface area contributed by atoms with E-state index in [1.807, 2.05) is 0 Å².